The van der Waals surface area contributed by atoms with Crippen LogP contribution in [-0.4, -0.2) is 0 Å². The van der Waals surface area contributed by atoms with Crippen molar-refractivity contribution in [1.29, 1.82) is 0 Å². The highest BCUT2D eigenvalue weighted by atomic mass is 16.3. The Hall–Kier alpha value is -7.62. The van der Waals surface area contributed by atoms with Crippen molar-refractivity contribution < 1.29 is 8.83 Å². The van der Waals surface area contributed by atoms with Gasteiger partial charge in [-0.25, -0.2) is 0 Å². The van der Waals surface area contributed by atoms with Crippen LogP contribution in [0.1, 0.15) is 25.0 Å². The van der Waals surface area contributed by atoms with Crippen LogP contribution in [0, 0.1) is 0 Å². The lowest BCUT2D eigenvalue weighted by Gasteiger charge is -2.25. The summed E-state index contributed by atoms with van der Waals surface area (Å²) >= 11 is 0. The van der Waals surface area contributed by atoms with Gasteiger partial charge in [0.2, 0.25) is 0 Å². The first kappa shape index (κ1) is 34.4. The van der Waals surface area contributed by atoms with E-state index in [9.17, 15) is 0 Å². The van der Waals surface area contributed by atoms with Gasteiger partial charge in [0.25, 0.3) is 0 Å². The first-order valence-corrected chi connectivity index (χ1v) is 20.7. The lowest BCUT2D eigenvalue weighted by molar-refractivity contribution is 0.660. The summed E-state index contributed by atoms with van der Waals surface area (Å²) in [6.07, 6.45) is 0. The van der Waals surface area contributed by atoms with Crippen molar-refractivity contribution >= 4 is 60.9 Å². The molecule has 3 nitrogen and oxygen atoms in total. The van der Waals surface area contributed by atoms with Gasteiger partial charge in [0.05, 0.1) is 0 Å². The van der Waals surface area contributed by atoms with Crippen LogP contribution in [0.4, 0.5) is 17.1 Å². The highest BCUT2D eigenvalue weighted by Crippen LogP contribution is 2.51. The number of fused-ring (bicyclic) bond motifs is 10. The lowest BCUT2D eigenvalue weighted by atomic mass is 9.81. The molecule has 1 aliphatic carbocycles. The molecule has 0 saturated heterocycles. The third-order valence-electron chi connectivity index (χ3n) is 12.7. The van der Waals surface area contributed by atoms with Gasteiger partial charge in [0.1, 0.15) is 22.3 Å². The van der Waals surface area contributed by atoms with E-state index in [0.29, 0.717) is 0 Å². The molecule has 2 aromatic heterocycles. The summed E-state index contributed by atoms with van der Waals surface area (Å²) in [4.78, 5) is 2.29. The number of anilines is 3. The molecule has 0 N–H and O–H groups in total. The normalized spacial score (nSPS) is 13.0. The minimum Gasteiger partial charge on any atom is -0.456 e. The summed E-state index contributed by atoms with van der Waals surface area (Å²) in [6, 6.07) is 71.7. The van der Waals surface area contributed by atoms with Crippen LogP contribution in [-0.2, 0) is 5.41 Å². The van der Waals surface area contributed by atoms with E-state index >= 15 is 0 Å². The SMILES string of the molecule is CC1(C)c2ccccc2-c2ccc(-c3cc(-c4ccc(-c5ccc(N(c6ccccc6)c6ccccc6)cc5)cc4)c4oc5ccc6oc7ccccc7c6c5c4c3)cc21. The van der Waals surface area contributed by atoms with Gasteiger partial charge in [-0.1, -0.05) is 141 Å². The molecule has 12 rings (SSSR count). The van der Waals surface area contributed by atoms with Gasteiger partial charge in [-0.15, -0.1) is 0 Å². The lowest BCUT2D eigenvalue weighted by Crippen LogP contribution is -2.14. The predicted molar refractivity (Wildman–Crippen MR) is 250 cm³/mol. The Labute approximate surface area is 348 Å². The molecular formula is C57H39NO2. The average Bonchev–Trinajstić information content (AvgIpc) is 3.94. The Morgan fingerprint density at radius 2 is 0.900 bits per heavy atom. The Kier molecular flexibility index (Phi) is 7.58. The van der Waals surface area contributed by atoms with E-state index in [-0.39, 0.29) is 5.41 Å². The quantitative estimate of drug-likeness (QED) is 0.169. The molecule has 0 radical (unpaired) electrons. The van der Waals surface area contributed by atoms with E-state index in [1.165, 1.54) is 27.8 Å². The number of para-hydroxylation sites is 3. The monoisotopic (exact) mass is 769 g/mol. The molecule has 0 amide bonds. The van der Waals surface area contributed by atoms with Crippen molar-refractivity contribution in [3.63, 3.8) is 0 Å². The predicted octanol–water partition coefficient (Wildman–Crippen LogP) is 16.3. The van der Waals surface area contributed by atoms with Crippen LogP contribution in [0.5, 0.6) is 0 Å². The highest BCUT2D eigenvalue weighted by molar-refractivity contribution is 6.27. The molecule has 60 heavy (non-hydrogen) atoms. The van der Waals surface area contributed by atoms with E-state index < -0.39 is 0 Å². The van der Waals surface area contributed by atoms with E-state index in [2.05, 4.69) is 201 Å². The Morgan fingerprint density at radius 3 is 1.63 bits per heavy atom. The van der Waals surface area contributed by atoms with Gasteiger partial charge >= 0.3 is 0 Å². The number of hydrogen-bond donors (Lipinski definition) is 0. The highest BCUT2D eigenvalue weighted by Gasteiger charge is 2.35. The molecule has 11 aromatic rings. The third kappa shape index (κ3) is 5.29. The molecule has 0 aliphatic heterocycles. The van der Waals surface area contributed by atoms with Gasteiger partial charge in [0.15, 0.2) is 0 Å². The maximum atomic E-state index is 6.88. The van der Waals surface area contributed by atoms with Crippen molar-refractivity contribution in [2.75, 3.05) is 4.90 Å². The molecule has 2 heterocycles. The molecule has 3 heteroatoms. The smallest absolute Gasteiger partial charge is 0.143 e. The number of rotatable bonds is 6. The average molecular weight is 770 g/mol. The van der Waals surface area contributed by atoms with Crippen molar-refractivity contribution in [3.8, 4) is 44.5 Å². The first-order chi connectivity index (χ1) is 29.5. The van der Waals surface area contributed by atoms with Crippen LogP contribution >= 0.6 is 0 Å². The molecule has 284 valence electrons. The molecular weight excluding hydrogens is 731 g/mol. The van der Waals surface area contributed by atoms with Crippen LogP contribution in [0.3, 0.4) is 0 Å². The fourth-order valence-corrected chi connectivity index (χ4v) is 9.70. The Bertz CT molecular complexity index is 3390. The van der Waals surface area contributed by atoms with E-state index in [1.54, 1.807) is 0 Å². The van der Waals surface area contributed by atoms with Gasteiger partial charge < -0.3 is 13.7 Å². The second kappa shape index (κ2) is 13.2. The summed E-state index contributed by atoms with van der Waals surface area (Å²) in [5.74, 6) is 0. The van der Waals surface area contributed by atoms with E-state index in [1.807, 2.05) is 18.2 Å². The van der Waals surface area contributed by atoms with Crippen LogP contribution < -0.4 is 4.90 Å². The van der Waals surface area contributed by atoms with Crippen LogP contribution in [0.2, 0.25) is 0 Å². The van der Waals surface area contributed by atoms with Gasteiger partial charge in [-0.05, 0) is 123 Å². The van der Waals surface area contributed by atoms with Gasteiger partial charge in [-0.3, -0.25) is 0 Å². The summed E-state index contributed by atoms with van der Waals surface area (Å²) < 4.78 is 13.3. The zero-order valence-electron chi connectivity index (χ0n) is 33.3. The zero-order valence-corrected chi connectivity index (χ0v) is 33.3. The molecule has 0 saturated carbocycles. The zero-order chi connectivity index (χ0) is 40.0. The second-order valence-corrected chi connectivity index (χ2v) is 16.5. The topological polar surface area (TPSA) is 29.5 Å². The van der Waals surface area contributed by atoms with Crippen molar-refractivity contribution in [2.45, 2.75) is 19.3 Å². The maximum absolute atomic E-state index is 6.88. The number of benzene rings is 9. The second-order valence-electron chi connectivity index (χ2n) is 16.5. The maximum Gasteiger partial charge on any atom is 0.143 e. The number of nitrogens with zero attached hydrogens (tertiary/aromatic N) is 1. The molecule has 0 unspecified atom stereocenters. The number of furan rings is 2. The summed E-state index contributed by atoms with van der Waals surface area (Å²) in [6.45, 7) is 4.69. The molecule has 0 fully saturated rings. The van der Waals surface area contributed by atoms with Crippen LogP contribution in [0.25, 0.3) is 88.4 Å². The van der Waals surface area contributed by atoms with Crippen molar-refractivity contribution in [3.05, 3.63) is 211 Å². The van der Waals surface area contributed by atoms with Gasteiger partial charge in [0, 0.05) is 49.6 Å². The first-order valence-electron chi connectivity index (χ1n) is 20.7. The van der Waals surface area contributed by atoms with Gasteiger partial charge in [-0.2, -0.15) is 0 Å². The van der Waals surface area contributed by atoms with Crippen LogP contribution in [0.15, 0.2) is 209 Å². The largest absolute Gasteiger partial charge is 0.456 e. The van der Waals surface area contributed by atoms with Crippen molar-refractivity contribution in [2.24, 2.45) is 0 Å². The van der Waals surface area contributed by atoms with E-state index in [0.717, 1.165) is 88.8 Å². The summed E-state index contributed by atoms with van der Waals surface area (Å²) in [5, 5.41) is 4.35. The fourth-order valence-electron chi connectivity index (χ4n) is 9.70. The molecule has 0 bridgehead atoms. The summed E-state index contributed by atoms with van der Waals surface area (Å²) in [5.41, 5.74) is 18.9. The Balaban J connectivity index is 0.993. The molecule has 9 aromatic carbocycles. The fraction of sp³-hybridized carbons (Fsp3) is 0.0526. The summed E-state index contributed by atoms with van der Waals surface area (Å²) in [7, 11) is 0. The molecule has 1 aliphatic rings. The molecule has 0 spiro atoms. The number of hydrogen-bond acceptors (Lipinski definition) is 3. The van der Waals surface area contributed by atoms with E-state index in [4.69, 9.17) is 8.83 Å². The minimum atomic E-state index is -0.103. The standard InChI is InChI=1S/C57H39NO2/c1-57(2)49-19-11-9-17-44(49)45-30-27-39(35-50(45)57)40-33-47(56-48(34-40)55-53(60-56)32-31-52-54(55)46-18-10-12-20-51(46)59-52)38-23-21-36(22-24-38)37-25-28-43(29-26-37)58(41-13-5-3-6-14-41)42-15-7-4-8-16-42/h3-35H,1-2H3. The van der Waals surface area contributed by atoms with Crippen molar-refractivity contribution in [1.82, 2.24) is 0 Å². The molecule has 0 atom stereocenters. The third-order valence-corrected chi connectivity index (χ3v) is 12.7. The minimum absolute atomic E-state index is 0.103. The Morgan fingerprint density at radius 1 is 0.350 bits per heavy atom.